The van der Waals surface area contributed by atoms with Crippen molar-refractivity contribution in [2.75, 3.05) is 0 Å². The van der Waals surface area contributed by atoms with Crippen LogP contribution in [0.1, 0.15) is 36.8 Å². The van der Waals surface area contributed by atoms with Gasteiger partial charge in [-0.05, 0) is 36.1 Å². The van der Waals surface area contributed by atoms with Gasteiger partial charge in [0, 0.05) is 12.8 Å². The van der Waals surface area contributed by atoms with Crippen LogP contribution >= 0.6 is 0 Å². The van der Waals surface area contributed by atoms with Crippen molar-refractivity contribution in [2.24, 2.45) is 0 Å². The van der Waals surface area contributed by atoms with Gasteiger partial charge in [-0.3, -0.25) is 4.79 Å². The molecule has 0 bridgehead atoms. The molecule has 3 rings (SSSR count). The monoisotopic (exact) mass is 346 g/mol. The minimum absolute atomic E-state index is 0.0262. The highest BCUT2D eigenvalue weighted by atomic mass is 19.3. The maximum absolute atomic E-state index is 13.6. The molecule has 25 heavy (non-hydrogen) atoms. The van der Waals surface area contributed by atoms with Gasteiger partial charge in [0.2, 0.25) is 5.92 Å². The Morgan fingerprint density at radius 1 is 0.960 bits per heavy atom. The molecule has 0 heterocycles. The summed E-state index contributed by atoms with van der Waals surface area (Å²) >= 11 is 0. The van der Waals surface area contributed by atoms with Crippen LogP contribution in [0.4, 0.5) is 8.78 Å². The molecule has 0 saturated heterocycles. The van der Waals surface area contributed by atoms with Gasteiger partial charge in [-0.2, -0.15) is 0 Å². The van der Waals surface area contributed by atoms with E-state index in [2.05, 4.69) is 0 Å². The number of carbonyl (C=O) groups excluding carboxylic acids is 1. The normalized spacial score (nSPS) is 18.5. The highest BCUT2D eigenvalue weighted by Gasteiger charge is 2.49. The van der Waals surface area contributed by atoms with Gasteiger partial charge in [-0.1, -0.05) is 42.5 Å². The molecular weight excluding hydrogens is 326 g/mol. The standard InChI is InChI=1S/C20H20F2O3/c21-20(22)12-10-19(11-13-20,16-6-8-17(23)9-7-16)18(24)25-14-15-4-2-1-3-5-15/h1-9,23H,10-14H2. The predicted octanol–water partition coefficient (Wildman–Crippen LogP) is 4.58. The molecule has 0 unspecified atom stereocenters. The Balaban J connectivity index is 1.83. The molecule has 0 radical (unpaired) electrons. The molecule has 3 nitrogen and oxygen atoms in total. The Bertz CT molecular complexity index is 716. The number of phenols is 1. The third kappa shape index (κ3) is 3.81. The van der Waals surface area contributed by atoms with E-state index in [0.29, 0.717) is 5.56 Å². The summed E-state index contributed by atoms with van der Waals surface area (Å²) in [5.41, 5.74) is 0.362. The Morgan fingerprint density at radius 2 is 1.56 bits per heavy atom. The van der Waals surface area contributed by atoms with Crippen molar-refractivity contribution in [3.8, 4) is 5.75 Å². The number of hydrogen-bond donors (Lipinski definition) is 1. The maximum atomic E-state index is 13.6. The molecule has 5 heteroatoms. The average molecular weight is 346 g/mol. The lowest BCUT2D eigenvalue weighted by molar-refractivity contribution is -0.157. The van der Waals surface area contributed by atoms with Gasteiger partial charge in [0.15, 0.2) is 0 Å². The minimum atomic E-state index is -2.75. The Morgan fingerprint density at radius 3 is 2.16 bits per heavy atom. The van der Waals surface area contributed by atoms with E-state index in [1.165, 1.54) is 12.1 Å². The number of esters is 1. The maximum Gasteiger partial charge on any atom is 0.316 e. The van der Waals surface area contributed by atoms with E-state index in [1.807, 2.05) is 30.3 Å². The summed E-state index contributed by atoms with van der Waals surface area (Å²) in [5.74, 6) is -3.17. The van der Waals surface area contributed by atoms with E-state index < -0.39 is 17.3 Å². The molecule has 1 N–H and O–H groups in total. The summed E-state index contributed by atoms with van der Waals surface area (Å²) in [7, 11) is 0. The van der Waals surface area contributed by atoms with Crippen LogP contribution < -0.4 is 0 Å². The van der Waals surface area contributed by atoms with Crippen LogP contribution in [0, 0.1) is 0 Å². The number of phenolic OH excluding ortho intramolecular Hbond substituents is 1. The van der Waals surface area contributed by atoms with E-state index in [9.17, 15) is 18.7 Å². The molecule has 0 amide bonds. The molecule has 0 atom stereocenters. The number of benzene rings is 2. The van der Waals surface area contributed by atoms with Crippen molar-refractivity contribution >= 4 is 5.97 Å². The van der Waals surface area contributed by atoms with Crippen LogP contribution in [0.3, 0.4) is 0 Å². The number of rotatable bonds is 4. The molecule has 1 aliphatic rings. The van der Waals surface area contributed by atoms with E-state index in [0.717, 1.165) is 5.56 Å². The number of carbonyl (C=O) groups is 1. The van der Waals surface area contributed by atoms with Gasteiger partial charge in [0.1, 0.15) is 12.4 Å². The topological polar surface area (TPSA) is 46.5 Å². The first-order chi connectivity index (χ1) is 11.9. The van der Waals surface area contributed by atoms with Crippen molar-refractivity contribution in [1.82, 2.24) is 0 Å². The summed E-state index contributed by atoms with van der Waals surface area (Å²) in [6.45, 7) is 0.107. The van der Waals surface area contributed by atoms with Crippen LogP contribution in [0.15, 0.2) is 54.6 Å². The molecule has 0 aromatic heterocycles. The van der Waals surface area contributed by atoms with Gasteiger partial charge >= 0.3 is 5.97 Å². The predicted molar refractivity (Wildman–Crippen MR) is 89.4 cm³/mol. The van der Waals surface area contributed by atoms with E-state index >= 15 is 0 Å². The third-order valence-corrected chi connectivity index (χ3v) is 4.86. The number of aromatic hydroxyl groups is 1. The largest absolute Gasteiger partial charge is 0.508 e. The van der Waals surface area contributed by atoms with Crippen molar-refractivity contribution in [3.05, 3.63) is 65.7 Å². The number of hydrogen-bond acceptors (Lipinski definition) is 3. The van der Waals surface area contributed by atoms with Gasteiger partial charge < -0.3 is 9.84 Å². The first-order valence-electron chi connectivity index (χ1n) is 8.30. The van der Waals surface area contributed by atoms with E-state index in [4.69, 9.17) is 4.74 Å². The molecule has 1 aliphatic carbocycles. The SMILES string of the molecule is O=C(OCc1ccccc1)C1(c2ccc(O)cc2)CCC(F)(F)CC1. The van der Waals surface area contributed by atoms with Gasteiger partial charge in [0.05, 0.1) is 5.41 Å². The summed E-state index contributed by atoms with van der Waals surface area (Å²) in [6.07, 6.45) is -0.653. The number of ether oxygens (including phenoxy) is 1. The second-order valence-electron chi connectivity index (χ2n) is 6.55. The van der Waals surface area contributed by atoms with E-state index in [1.54, 1.807) is 12.1 Å². The highest BCUT2D eigenvalue weighted by Crippen LogP contribution is 2.46. The molecule has 1 saturated carbocycles. The fourth-order valence-electron chi connectivity index (χ4n) is 3.29. The van der Waals surface area contributed by atoms with Crippen LogP contribution in [-0.2, 0) is 21.6 Å². The third-order valence-electron chi connectivity index (χ3n) is 4.86. The smallest absolute Gasteiger partial charge is 0.316 e. The molecule has 132 valence electrons. The summed E-state index contributed by atoms with van der Waals surface area (Å²) in [5, 5.41) is 9.48. The molecular formula is C20H20F2O3. The van der Waals surface area contributed by atoms with Crippen molar-refractivity contribution in [3.63, 3.8) is 0 Å². The summed E-state index contributed by atoms with van der Waals surface area (Å²) in [6, 6.07) is 15.4. The number of halogens is 2. The number of alkyl halides is 2. The first kappa shape index (κ1) is 17.4. The fraction of sp³-hybridized carbons (Fsp3) is 0.350. The molecule has 1 fully saturated rings. The first-order valence-corrected chi connectivity index (χ1v) is 8.30. The van der Waals surface area contributed by atoms with Crippen molar-refractivity contribution in [2.45, 2.75) is 43.6 Å². The quantitative estimate of drug-likeness (QED) is 0.824. The van der Waals surface area contributed by atoms with Crippen molar-refractivity contribution in [1.29, 1.82) is 0 Å². The van der Waals surface area contributed by atoms with Crippen LogP contribution in [0.2, 0.25) is 0 Å². The lowest BCUT2D eigenvalue weighted by Crippen LogP contribution is -2.43. The van der Waals surface area contributed by atoms with Crippen LogP contribution in [0.25, 0.3) is 0 Å². The van der Waals surface area contributed by atoms with E-state index in [-0.39, 0.29) is 38.0 Å². The Kier molecular flexibility index (Phi) is 4.75. The van der Waals surface area contributed by atoms with Crippen molar-refractivity contribution < 1.29 is 23.4 Å². The summed E-state index contributed by atoms with van der Waals surface area (Å²) < 4.78 is 32.8. The molecule has 0 aliphatic heterocycles. The molecule has 2 aromatic carbocycles. The zero-order valence-corrected chi connectivity index (χ0v) is 13.8. The average Bonchev–Trinajstić information content (AvgIpc) is 2.62. The fourth-order valence-corrected chi connectivity index (χ4v) is 3.29. The second-order valence-corrected chi connectivity index (χ2v) is 6.55. The zero-order chi connectivity index (χ0) is 17.9. The zero-order valence-electron chi connectivity index (χ0n) is 13.8. The van der Waals surface area contributed by atoms with Crippen LogP contribution in [-0.4, -0.2) is 17.0 Å². The second kappa shape index (κ2) is 6.82. The molecule has 2 aromatic rings. The van der Waals surface area contributed by atoms with Crippen LogP contribution in [0.5, 0.6) is 5.75 Å². The summed E-state index contributed by atoms with van der Waals surface area (Å²) in [4.78, 5) is 12.9. The Labute approximate surface area is 145 Å². The lowest BCUT2D eigenvalue weighted by Gasteiger charge is -2.38. The highest BCUT2D eigenvalue weighted by molar-refractivity contribution is 5.83. The Hall–Kier alpha value is -2.43. The van der Waals surface area contributed by atoms with Gasteiger partial charge in [-0.15, -0.1) is 0 Å². The molecule has 0 spiro atoms. The van der Waals surface area contributed by atoms with Gasteiger partial charge in [0.25, 0.3) is 0 Å². The lowest BCUT2D eigenvalue weighted by atomic mass is 9.68. The minimum Gasteiger partial charge on any atom is -0.508 e. The van der Waals surface area contributed by atoms with Gasteiger partial charge in [-0.25, -0.2) is 8.78 Å².